The average molecular weight is 752 g/mol. The first-order valence-corrected chi connectivity index (χ1v) is 20.1. The second-order valence-electron chi connectivity index (χ2n) is 17.4. The van der Waals surface area contributed by atoms with E-state index in [4.69, 9.17) is 15.0 Å². The molecule has 0 aliphatic heterocycles. The van der Waals surface area contributed by atoms with Crippen molar-refractivity contribution in [1.82, 2.24) is 24.1 Å². The lowest BCUT2D eigenvalue weighted by molar-refractivity contribution is 0.591. The molecule has 3 heterocycles. The molecule has 0 bridgehead atoms. The molecule has 0 aliphatic rings. The van der Waals surface area contributed by atoms with Crippen molar-refractivity contribution in [2.45, 2.75) is 52.4 Å². The van der Waals surface area contributed by atoms with Crippen LogP contribution in [0.5, 0.6) is 0 Å². The van der Waals surface area contributed by atoms with Crippen LogP contribution in [0.25, 0.3) is 89.2 Å². The first kappa shape index (κ1) is 35.6. The molecule has 282 valence electrons. The quantitative estimate of drug-likeness (QED) is 0.176. The van der Waals surface area contributed by atoms with Gasteiger partial charge in [-0.25, -0.2) is 4.98 Å². The zero-order valence-electron chi connectivity index (χ0n) is 33.8. The van der Waals surface area contributed by atoms with E-state index in [-0.39, 0.29) is 10.8 Å². The van der Waals surface area contributed by atoms with Gasteiger partial charge < -0.3 is 4.57 Å². The largest absolute Gasteiger partial charge is 0.309 e. The van der Waals surface area contributed by atoms with Gasteiger partial charge in [-0.1, -0.05) is 157 Å². The molecule has 0 radical (unpaired) electrons. The molecule has 3 aromatic heterocycles. The predicted molar refractivity (Wildman–Crippen MR) is 242 cm³/mol. The van der Waals surface area contributed by atoms with Gasteiger partial charge in [-0.15, -0.1) is 0 Å². The fourth-order valence-electron chi connectivity index (χ4n) is 8.38. The molecular formula is C53H45N5. The summed E-state index contributed by atoms with van der Waals surface area (Å²) in [4.78, 5) is 15.8. The van der Waals surface area contributed by atoms with E-state index in [9.17, 15) is 0 Å². The third-order valence-electron chi connectivity index (χ3n) is 11.5. The molecule has 58 heavy (non-hydrogen) atoms. The molecule has 0 saturated heterocycles. The van der Waals surface area contributed by atoms with E-state index < -0.39 is 0 Å². The number of aromatic nitrogens is 5. The fraction of sp³-hybridized carbons (Fsp3) is 0.151. The number of rotatable bonds is 5. The van der Waals surface area contributed by atoms with Crippen molar-refractivity contribution in [3.8, 4) is 45.5 Å². The fourth-order valence-corrected chi connectivity index (χ4v) is 8.38. The maximum Gasteiger partial charge on any atom is 0.238 e. The molecule has 0 unspecified atom stereocenters. The van der Waals surface area contributed by atoms with Crippen LogP contribution in [0.2, 0.25) is 0 Å². The van der Waals surface area contributed by atoms with Gasteiger partial charge in [0, 0.05) is 38.4 Å². The zero-order valence-corrected chi connectivity index (χ0v) is 33.8. The van der Waals surface area contributed by atoms with Crippen LogP contribution in [0.1, 0.15) is 52.7 Å². The van der Waals surface area contributed by atoms with Crippen LogP contribution in [-0.2, 0) is 10.8 Å². The topological polar surface area (TPSA) is 48.5 Å². The van der Waals surface area contributed by atoms with Crippen molar-refractivity contribution in [3.05, 3.63) is 175 Å². The van der Waals surface area contributed by atoms with Crippen LogP contribution < -0.4 is 0 Å². The molecule has 5 nitrogen and oxygen atoms in total. The second-order valence-corrected chi connectivity index (χ2v) is 17.4. The Morgan fingerprint density at radius 3 is 1.53 bits per heavy atom. The third-order valence-corrected chi connectivity index (χ3v) is 11.5. The van der Waals surface area contributed by atoms with Crippen molar-refractivity contribution >= 4 is 43.6 Å². The summed E-state index contributed by atoms with van der Waals surface area (Å²) in [6.07, 6.45) is 0. The Hall–Kier alpha value is -6.85. The monoisotopic (exact) mass is 751 g/mol. The Bertz CT molecular complexity index is 3160. The molecule has 0 atom stereocenters. The Labute approximate surface area is 339 Å². The average Bonchev–Trinajstić information content (AvgIpc) is 3.76. The Morgan fingerprint density at radius 2 is 0.897 bits per heavy atom. The lowest BCUT2D eigenvalue weighted by Gasteiger charge is -2.19. The van der Waals surface area contributed by atoms with Crippen molar-refractivity contribution in [3.63, 3.8) is 0 Å². The standard InChI is InChI=1S/C53H45N5/c1-52(2,3)38-25-28-44-42(32-38)41-27-30-46-47(48(41)57(44)40-23-14-9-15-24-40)43-33-39(53(4,5)6)26-29-45(43)58(46)51-55-49(35-19-12-8-13-20-35)54-50(56-51)37-22-16-21-36(31-37)34-17-10-7-11-18-34/h7-33H,1-6H3. The summed E-state index contributed by atoms with van der Waals surface area (Å²) in [5.74, 6) is 1.83. The third kappa shape index (κ3) is 5.97. The van der Waals surface area contributed by atoms with Gasteiger partial charge in [0.15, 0.2) is 11.6 Å². The Kier molecular flexibility index (Phi) is 8.20. The van der Waals surface area contributed by atoms with Crippen LogP contribution in [0, 0.1) is 0 Å². The number of fused-ring (bicyclic) bond motifs is 7. The van der Waals surface area contributed by atoms with E-state index in [1.165, 1.54) is 43.7 Å². The lowest BCUT2D eigenvalue weighted by Crippen LogP contribution is -2.10. The molecular weight excluding hydrogens is 707 g/mol. The molecule has 0 spiro atoms. The van der Waals surface area contributed by atoms with Crippen molar-refractivity contribution in [2.24, 2.45) is 0 Å². The van der Waals surface area contributed by atoms with Crippen molar-refractivity contribution < 1.29 is 0 Å². The van der Waals surface area contributed by atoms with Crippen LogP contribution in [0.4, 0.5) is 0 Å². The van der Waals surface area contributed by atoms with E-state index in [1.807, 2.05) is 24.3 Å². The maximum atomic E-state index is 5.35. The molecule has 0 amide bonds. The van der Waals surface area contributed by atoms with E-state index in [1.54, 1.807) is 0 Å². The molecule has 0 saturated carbocycles. The van der Waals surface area contributed by atoms with Gasteiger partial charge in [0.05, 0.1) is 22.1 Å². The van der Waals surface area contributed by atoms with Crippen LogP contribution in [0.15, 0.2) is 164 Å². The highest BCUT2D eigenvalue weighted by molar-refractivity contribution is 6.26. The molecule has 5 heteroatoms. The SMILES string of the molecule is CC(C)(C)c1ccc2c(c1)c1c(ccc3c4cc(C(C)(C)C)ccc4n(-c4ccccc4)c31)n2-c1nc(-c2ccccc2)nc(-c2cccc(-c3ccccc3)c2)n1. The molecule has 10 rings (SSSR count). The minimum Gasteiger partial charge on any atom is -0.309 e. The van der Waals surface area contributed by atoms with Crippen LogP contribution in [0.3, 0.4) is 0 Å². The first-order chi connectivity index (χ1) is 28.0. The zero-order chi connectivity index (χ0) is 39.8. The molecule has 0 fully saturated rings. The first-order valence-electron chi connectivity index (χ1n) is 20.1. The number of hydrogen-bond acceptors (Lipinski definition) is 3. The summed E-state index contributed by atoms with van der Waals surface area (Å²) in [6.45, 7) is 13.7. The summed E-state index contributed by atoms with van der Waals surface area (Å²) in [5, 5.41) is 4.80. The van der Waals surface area contributed by atoms with Gasteiger partial charge in [0.1, 0.15) is 0 Å². The van der Waals surface area contributed by atoms with E-state index in [0.29, 0.717) is 17.6 Å². The minimum atomic E-state index is -0.0607. The summed E-state index contributed by atoms with van der Waals surface area (Å²) in [7, 11) is 0. The lowest BCUT2D eigenvalue weighted by atomic mass is 9.86. The Balaban J connectivity index is 1.33. The van der Waals surface area contributed by atoms with Crippen LogP contribution >= 0.6 is 0 Å². The Morgan fingerprint density at radius 1 is 0.379 bits per heavy atom. The predicted octanol–water partition coefficient (Wildman–Crippen LogP) is 13.7. The van der Waals surface area contributed by atoms with Gasteiger partial charge in [0.2, 0.25) is 5.95 Å². The molecule has 10 aromatic rings. The van der Waals surface area contributed by atoms with Gasteiger partial charge in [-0.05, 0) is 81.6 Å². The summed E-state index contributed by atoms with van der Waals surface area (Å²) >= 11 is 0. The van der Waals surface area contributed by atoms with Gasteiger partial charge in [-0.3, -0.25) is 4.57 Å². The molecule has 7 aromatic carbocycles. The normalized spacial score (nSPS) is 12.3. The molecule has 0 aliphatic carbocycles. The summed E-state index contributed by atoms with van der Waals surface area (Å²) in [5.41, 5.74) is 12.2. The summed E-state index contributed by atoms with van der Waals surface area (Å²) < 4.78 is 4.71. The highest BCUT2D eigenvalue weighted by atomic mass is 15.2. The van der Waals surface area contributed by atoms with E-state index in [0.717, 1.165) is 39.0 Å². The second kappa shape index (κ2) is 13.4. The number of nitrogens with zero attached hydrogens (tertiary/aromatic N) is 5. The van der Waals surface area contributed by atoms with Gasteiger partial charge in [0.25, 0.3) is 0 Å². The van der Waals surface area contributed by atoms with Crippen LogP contribution in [-0.4, -0.2) is 24.1 Å². The van der Waals surface area contributed by atoms with Crippen molar-refractivity contribution in [2.75, 3.05) is 0 Å². The highest BCUT2D eigenvalue weighted by Crippen LogP contribution is 2.44. The maximum absolute atomic E-state index is 5.35. The smallest absolute Gasteiger partial charge is 0.238 e. The number of para-hydroxylation sites is 1. The van der Waals surface area contributed by atoms with Crippen molar-refractivity contribution in [1.29, 1.82) is 0 Å². The minimum absolute atomic E-state index is 0.00453. The van der Waals surface area contributed by atoms with E-state index >= 15 is 0 Å². The van der Waals surface area contributed by atoms with Gasteiger partial charge >= 0.3 is 0 Å². The highest BCUT2D eigenvalue weighted by Gasteiger charge is 2.26. The summed E-state index contributed by atoms with van der Waals surface area (Å²) in [6, 6.07) is 58.4. The van der Waals surface area contributed by atoms with E-state index in [2.05, 4.69) is 190 Å². The van der Waals surface area contributed by atoms with Gasteiger partial charge in [-0.2, -0.15) is 9.97 Å². The molecule has 0 N–H and O–H groups in total. The number of hydrogen-bond donors (Lipinski definition) is 0. The number of benzene rings is 7.